The SMILES string of the molecule is CCOC(=O)Oc1c[c]ccc1OC(=O)OCC. The molecule has 0 aliphatic carbocycles. The minimum atomic E-state index is -0.884. The van der Waals surface area contributed by atoms with Crippen LogP contribution in [0.5, 0.6) is 11.5 Å². The van der Waals surface area contributed by atoms with Crippen LogP contribution in [0.15, 0.2) is 18.2 Å². The monoisotopic (exact) mass is 253 g/mol. The van der Waals surface area contributed by atoms with Gasteiger partial charge in [-0.05, 0) is 32.0 Å². The van der Waals surface area contributed by atoms with Crippen molar-refractivity contribution in [1.29, 1.82) is 0 Å². The number of carbonyl (C=O) groups excluding carboxylic acids is 2. The smallest absolute Gasteiger partial charge is 0.434 e. The van der Waals surface area contributed by atoms with Crippen LogP contribution in [0.25, 0.3) is 0 Å². The molecule has 1 aromatic rings. The summed E-state index contributed by atoms with van der Waals surface area (Å²) in [4.78, 5) is 22.3. The number of carbonyl (C=O) groups is 2. The fraction of sp³-hybridized carbons (Fsp3) is 0.333. The molecule has 0 aromatic heterocycles. The first-order chi connectivity index (χ1) is 8.67. The zero-order valence-corrected chi connectivity index (χ0v) is 10.1. The van der Waals surface area contributed by atoms with Gasteiger partial charge in [-0.1, -0.05) is 6.07 Å². The van der Waals surface area contributed by atoms with Gasteiger partial charge in [0.15, 0.2) is 11.5 Å². The molecule has 0 unspecified atom stereocenters. The average Bonchev–Trinajstić information content (AvgIpc) is 2.32. The third kappa shape index (κ3) is 4.32. The Morgan fingerprint density at radius 2 is 1.61 bits per heavy atom. The maximum Gasteiger partial charge on any atom is 0.513 e. The van der Waals surface area contributed by atoms with Crippen LogP contribution in [0.1, 0.15) is 13.8 Å². The third-order valence-corrected chi connectivity index (χ3v) is 1.70. The Kier molecular flexibility index (Phi) is 5.50. The Morgan fingerprint density at radius 3 is 2.17 bits per heavy atom. The molecule has 0 N–H and O–H groups in total. The van der Waals surface area contributed by atoms with E-state index in [-0.39, 0.29) is 24.7 Å². The molecule has 6 heteroatoms. The number of ether oxygens (including phenoxy) is 4. The molecule has 0 aliphatic rings. The highest BCUT2D eigenvalue weighted by molar-refractivity contribution is 5.68. The van der Waals surface area contributed by atoms with Gasteiger partial charge in [-0.2, -0.15) is 0 Å². The van der Waals surface area contributed by atoms with E-state index in [1.165, 1.54) is 18.2 Å². The first-order valence-electron chi connectivity index (χ1n) is 5.36. The van der Waals surface area contributed by atoms with Crippen molar-refractivity contribution in [2.75, 3.05) is 13.2 Å². The molecule has 1 radical (unpaired) electrons. The summed E-state index contributed by atoms with van der Waals surface area (Å²) in [6.45, 7) is 3.67. The largest absolute Gasteiger partial charge is 0.513 e. The van der Waals surface area contributed by atoms with Gasteiger partial charge < -0.3 is 18.9 Å². The lowest BCUT2D eigenvalue weighted by Gasteiger charge is -2.09. The van der Waals surface area contributed by atoms with Crippen LogP contribution in [-0.4, -0.2) is 25.5 Å². The van der Waals surface area contributed by atoms with Crippen LogP contribution < -0.4 is 9.47 Å². The molecule has 0 amide bonds. The molecule has 0 spiro atoms. The van der Waals surface area contributed by atoms with E-state index < -0.39 is 12.3 Å². The molecule has 1 aromatic carbocycles. The van der Waals surface area contributed by atoms with Gasteiger partial charge in [0, 0.05) is 0 Å². The van der Waals surface area contributed by atoms with Gasteiger partial charge in [0.05, 0.1) is 13.2 Å². The fourth-order valence-corrected chi connectivity index (χ4v) is 1.04. The van der Waals surface area contributed by atoms with Gasteiger partial charge in [0.2, 0.25) is 0 Å². The van der Waals surface area contributed by atoms with Gasteiger partial charge in [0.25, 0.3) is 0 Å². The van der Waals surface area contributed by atoms with E-state index in [4.69, 9.17) is 9.47 Å². The van der Waals surface area contributed by atoms with E-state index in [1.807, 2.05) is 0 Å². The minimum Gasteiger partial charge on any atom is -0.434 e. The van der Waals surface area contributed by atoms with Crippen LogP contribution in [0.3, 0.4) is 0 Å². The Bertz CT molecular complexity index is 376. The van der Waals surface area contributed by atoms with Crippen molar-refractivity contribution in [3.8, 4) is 11.5 Å². The number of hydrogen-bond donors (Lipinski definition) is 0. The summed E-state index contributed by atoms with van der Waals surface area (Å²) in [5.41, 5.74) is 0. The van der Waals surface area contributed by atoms with Crippen LogP contribution in [0.4, 0.5) is 9.59 Å². The summed E-state index contributed by atoms with van der Waals surface area (Å²) < 4.78 is 18.9. The van der Waals surface area contributed by atoms with Crippen molar-refractivity contribution in [2.45, 2.75) is 13.8 Å². The topological polar surface area (TPSA) is 71.1 Å². The lowest BCUT2D eigenvalue weighted by molar-refractivity contribution is 0.0939. The zero-order valence-electron chi connectivity index (χ0n) is 10.1. The number of hydrogen-bond acceptors (Lipinski definition) is 6. The fourth-order valence-electron chi connectivity index (χ4n) is 1.04. The standard InChI is InChI=1S/C12H13O6/c1-3-15-11(13)17-9-7-5-6-8-10(9)18-12(14)16-4-2/h5,7-8H,3-4H2,1-2H3. The van der Waals surface area contributed by atoms with Crippen LogP contribution in [0.2, 0.25) is 0 Å². The molecule has 18 heavy (non-hydrogen) atoms. The molecular weight excluding hydrogens is 240 g/mol. The van der Waals surface area contributed by atoms with Gasteiger partial charge in [0.1, 0.15) is 0 Å². The Hall–Kier alpha value is -2.24. The normalized spacial score (nSPS) is 9.44. The number of rotatable bonds is 4. The lowest BCUT2D eigenvalue weighted by atomic mass is 10.3. The molecular formula is C12H13O6. The summed E-state index contributed by atoms with van der Waals surface area (Å²) in [7, 11) is 0. The van der Waals surface area contributed by atoms with E-state index in [9.17, 15) is 9.59 Å². The molecule has 0 atom stereocenters. The molecule has 1 rings (SSSR count). The van der Waals surface area contributed by atoms with Crippen molar-refractivity contribution in [1.82, 2.24) is 0 Å². The molecule has 97 valence electrons. The average molecular weight is 253 g/mol. The summed E-state index contributed by atoms with van der Waals surface area (Å²) >= 11 is 0. The van der Waals surface area contributed by atoms with Crippen molar-refractivity contribution >= 4 is 12.3 Å². The Balaban J connectivity index is 2.73. The van der Waals surface area contributed by atoms with E-state index in [2.05, 4.69) is 15.5 Å². The zero-order chi connectivity index (χ0) is 13.4. The second-order valence-electron chi connectivity index (χ2n) is 2.94. The van der Waals surface area contributed by atoms with Crippen LogP contribution in [0, 0.1) is 6.07 Å². The molecule has 0 bridgehead atoms. The molecule has 0 fully saturated rings. The highest BCUT2D eigenvalue weighted by Crippen LogP contribution is 2.26. The van der Waals surface area contributed by atoms with Gasteiger partial charge >= 0.3 is 12.3 Å². The van der Waals surface area contributed by atoms with Gasteiger partial charge in [-0.3, -0.25) is 0 Å². The Labute approximate surface area is 104 Å². The molecule has 0 aliphatic heterocycles. The summed E-state index contributed by atoms with van der Waals surface area (Å²) in [6.07, 6.45) is -1.76. The van der Waals surface area contributed by atoms with Crippen LogP contribution in [-0.2, 0) is 9.47 Å². The van der Waals surface area contributed by atoms with Crippen molar-refractivity contribution < 1.29 is 28.5 Å². The first kappa shape index (κ1) is 13.8. The highest BCUT2D eigenvalue weighted by Gasteiger charge is 2.14. The first-order valence-corrected chi connectivity index (χ1v) is 5.36. The van der Waals surface area contributed by atoms with Gasteiger partial charge in [-0.25, -0.2) is 9.59 Å². The predicted octanol–water partition coefficient (Wildman–Crippen LogP) is 2.56. The Morgan fingerprint density at radius 1 is 1.06 bits per heavy atom. The second kappa shape index (κ2) is 7.16. The van der Waals surface area contributed by atoms with E-state index >= 15 is 0 Å². The third-order valence-electron chi connectivity index (χ3n) is 1.70. The maximum atomic E-state index is 11.1. The summed E-state index contributed by atoms with van der Waals surface area (Å²) in [5, 5.41) is 0. The van der Waals surface area contributed by atoms with Crippen molar-refractivity contribution in [2.24, 2.45) is 0 Å². The van der Waals surface area contributed by atoms with E-state index in [0.717, 1.165) is 0 Å². The molecule has 0 saturated carbocycles. The number of benzene rings is 1. The molecule has 0 heterocycles. The van der Waals surface area contributed by atoms with Crippen molar-refractivity contribution in [3.05, 3.63) is 24.3 Å². The summed E-state index contributed by atoms with van der Waals surface area (Å²) in [6, 6.07) is 6.97. The van der Waals surface area contributed by atoms with Crippen molar-refractivity contribution in [3.63, 3.8) is 0 Å². The lowest BCUT2D eigenvalue weighted by Crippen LogP contribution is -2.14. The summed E-state index contributed by atoms with van der Waals surface area (Å²) in [5.74, 6) is 0.0873. The quantitative estimate of drug-likeness (QED) is 0.606. The van der Waals surface area contributed by atoms with Gasteiger partial charge in [-0.15, -0.1) is 0 Å². The molecule has 6 nitrogen and oxygen atoms in total. The second-order valence-corrected chi connectivity index (χ2v) is 2.94. The maximum absolute atomic E-state index is 11.1. The van der Waals surface area contributed by atoms with E-state index in [0.29, 0.717) is 0 Å². The highest BCUT2D eigenvalue weighted by atomic mass is 16.7. The minimum absolute atomic E-state index is 0.0315. The molecule has 0 saturated heterocycles. The van der Waals surface area contributed by atoms with E-state index in [1.54, 1.807) is 13.8 Å². The predicted molar refractivity (Wildman–Crippen MR) is 60.6 cm³/mol. The van der Waals surface area contributed by atoms with Crippen LogP contribution >= 0.6 is 0 Å².